The number of ether oxygens (including phenoxy) is 1. The van der Waals surface area contributed by atoms with E-state index in [1.165, 1.54) is 11.3 Å². The lowest BCUT2D eigenvalue weighted by Gasteiger charge is -2.07. The molecule has 3 aromatic rings. The summed E-state index contributed by atoms with van der Waals surface area (Å²) < 4.78 is 5.80. The molecule has 0 radical (unpaired) electrons. The molecule has 0 saturated heterocycles. The molecular weight excluding hydrogens is 418 g/mol. The van der Waals surface area contributed by atoms with Crippen LogP contribution < -0.4 is 10.6 Å². The molecule has 1 heterocycles. The predicted octanol–water partition coefficient (Wildman–Crippen LogP) is 4.81. The van der Waals surface area contributed by atoms with E-state index in [1.807, 2.05) is 36.4 Å². The normalized spacial score (nSPS) is 10.5. The minimum Gasteiger partial charge on any atom is -0.450 e. The Bertz CT molecular complexity index is 958. The Labute approximate surface area is 162 Å². The number of benzene rings is 2. The van der Waals surface area contributed by atoms with Gasteiger partial charge in [0.1, 0.15) is 0 Å². The largest absolute Gasteiger partial charge is 0.450 e. The second-order valence-corrected chi connectivity index (χ2v) is 7.10. The number of nitrogens with zero attached hydrogens (tertiary/aromatic N) is 1. The van der Waals surface area contributed by atoms with Gasteiger partial charge in [-0.2, -0.15) is 0 Å². The van der Waals surface area contributed by atoms with Gasteiger partial charge in [0.05, 0.1) is 18.7 Å². The van der Waals surface area contributed by atoms with Crippen molar-refractivity contribution in [1.29, 1.82) is 0 Å². The molecule has 3 rings (SSSR count). The Morgan fingerprint density at radius 2 is 2.08 bits per heavy atom. The van der Waals surface area contributed by atoms with E-state index in [4.69, 9.17) is 4.74 Å². The highest BCUT2D eigenvalue weighted by Gasteiger charge is 2.11. The van der Waals surface area contributed by atoms with Gasteiger partial charge in [-0.25, -0.2) is 9.78 Å². The molecule has 0 unspecified atom stereocenters. The van der Waals surface area contributed by atoms with Crippen molar-refractivity contribution in [3.8, 4) is 0 Å². The van der Waals surface area contributed by atoms with Gasteiger partial charge in [-0.1, -0.05) is 34.1 Å². The van der Waals surface area contributed by atoms with E-state index >= 15 is 0 Å². The van der Waals surface area contributed by atoms with Gasteiger partial charge in [0, 0.05) is 15.5 Å². The number of nitrogens with one attached hydrogen (secondary N) is 2. The summed E-state index contributed by atoms with van der Waals surface area (Å²) in [6, 6.07) is 11.7. The molecule has 0 bridgehead atoms. The van der Waals surface area contributed by atoms with Crippen LogP contribution in [0.2, 0.25) is 0 Å². The Balaban J connectivity index is 1.62. The number of anilines is 2. The zero-order chi connectivity index (χ0) is 18.5. The molecule has 0 aliphatic rings. The fourth-order valence-corrected chi connectivity index (χ4v) is 3.60. The predicted molar refractivity (Wildman–Crippen MR) is 107 cm³/mol. The molecule has 2 amide bonds. The Hall–Kier alpha value is -2.45. The number of carbonyl (C=O) groups is 2. The van der Waals surface area contributed by atoms with Crippen molar-refractivity contribution in [3.05, 3.63) is 51.9 Å². The third-order valence-corrected chi connectivity index (χ3v) is 4.99. The first-order chi connectivity index (χ1) is 12.5. The fraction of sp³-hybridized carbons (Fsp3) is 0.167. The summed E-state index contributed by atoms with van der Waals surface area (Å²) in [4.78, 5) is 27.8. The monoisotopic (exact) mass is 433 g/mol. The van der Waals surface area contributed by atoms with E-state index < -0.39 is 6.09 Å². The number of amides is 2. The average molecular weight is 434 g/mol. The van der Waals surface area contributed by atoms with Crippen molar-refractivity contribution in [2.45, 2.75) is 13.3 Å². The highest BCUT2D eigenvalue weighted by Crippen LogP contribution is 2.26. The van der Waals surface area contributed by atoms with Crippen LogP contribution in [0.15, 0.2) is 46.3 Å². The van der Waals surface area contributed by atoms with E-state index in [9.17, 15) is 9.59 Å². The van der Waals surface area contributed by atoms with Crippen molar-refractivity contribution in [1.82, 2.24) is 4.98 Å². The number of rotatable bonds is 5. The molecule has 0 atom stereocenters. The van der Waals surface area contributed by atoms with Gasteiger partial charge in [-0.15, -0.1) is 11.3 Å². The molecule has 26 heavy (non-hydrogen) atoms. The number of fused-ring (bicyclic) bond motifs is 1. The topological polar surface area (TPSA) is 80.3 Å². The highest BCUT2D eigenvalue weighted by atomic mass is 79.9. The second-order valence-electron chi connectivity index (χ2n) is 5.39. The number of carbonyl (C=O) groups excluding carboxylic acids is 2. The van der Waals surface area contributed by atoms with Gasteiger partial charge in [0.25, 0.3) is 0 Å². The summed E-state index contributed by atoms with van der Waals surface area (Å²) in [5.74, 6) is -0.174. The van der Waals surface area contributed by atoms with Gasteiger partial charge < -0.3 is 10.1 Å². The van der Waals surface area contributed by atoms with Gasteiger partial charge >= 0.3 is 6.09 Å². The SMILES string of the molecule is CCOC(=O)Nc1nc(CC(=O)Nc2ccc3c(Br)cccc3c2)cs1. The van der Waals surface area contributed by atoms with Gasteiger partial charge in [0.2, 0.25) is 5.91 Å². The third kappa shape index (κ3) is 4.59. The summed E-state index contributed by atoms with van der Waals surface area (Å²) in [6.07, 6.45) is -0.433. The van der Waals surface area contributed by atoms with Gasteiger partial charge in [-0.3, -0.25) is 10.1 Å². The van der Waals surface area contributed by atoms with Crippen molar-refractivity contribution >= 4 is 60.9 Å². The van der Waals surface area contributed by atoms with Crippen molar-refractivity contribution in [2.24, 2.45) is 0 Å². The number of halogens is 1. The molecule has 8 heteroatoms. The minimum absolute atomic E-state index is 0.123. The minimum atomic E-state index is -0.555. The summed E-state index contributed by atoms with van der Waals surface area (Å²) in [6.45, 7) is 2.01. The van der Waals surface area contributed by atoms with Crippen molar-refractivity contribution in [3.63, 3.8) is 0 Å². The molecule has 6 nitrogen and oxygen atoms in total. The zero-order valence-corrected chi connectivity index (χ0v) is 16.3. The van der Waals surface area contributed by atoms with Crippen LogP contribution in [-0.4, -0.2) is 23.6 Å². The van der Waals surface area contributed by atoms with Gasteiger partial charge in [-0.05, 0) is 35.9 Å². The van der Waals surface area contributed by atoms with Gasteiger partial charge in [0.15, 0.2) is 5.13 Å². The summed E-state index contributed by atoms with van der Waals surface area (Å²) in [5, 5.41) is 9.65. The molecule has 2 N–H and O–H groups in total. The number of thiazole rings is 1. The standard InChI is InChI=1S/C18H16BrN3O3S/c1-2-25-18(24)22-17-21-13(10-26-17)9-16(23)20-12-6-7-14-11(8-12)4-3-5-15(14)19/h3-8,10H,2,9H2,1H3,(H,20,23)(H,21,22,24). The summed E-state index contributed by atoms with van der Waals surface area (Å²) in [7, 11) is 0. The Morgan fingerprint density at radius 3 is 2.88 bits per heavy atom. The quantitative estimate of drug-likeness (QED) is 0.604. The first-order valence-corrected chi connectivity index (χ1v) is 9.58. The lowest BCUT2D eigenvalue weighted by atomic mass is 10.1. The van der Waals surface area contributed by atoms with Crippen LogP contribution in [0.4, 0.5) is 15.6 Å². The molecule has 1 aromatic heterocycles. The highest BCUT2D eigenvalue weighted by molar-refractivity contribution is 9.10. The molecular formula is C18H16BrN3O3S. The number of hydrogen-bond donors (Lipinski definition) is 2. The number of aromatic nitrogens is 1. The van der Waals surface area contributed by atoms with Crippen LogP contribution in [0.1, 0.15) is 12.6 Å². The van der Waals surface area contributed by atoms with Crippen LogP contribution in [0.5, 0.6) is 0 Å². The smallest absolute Gasteiger partial charge is 0.413 e. The van der Waals surface area contributed by atoms with E-state index in [2.05, 4.69) is 31.5 Å². The van der Waals surface area contributed by atoms with Crippen LogP contribution in [0.25, 0.3) is 10.8 Å². The second kappa shape index (κ2) is 8.29. The van der Waals surface area contributed by atoms with E-state index in [1.54, 1.807) is 12.3 Å². The van der Waals surface area contributed by atoms with Crippen molar-refractivity contribution < 1.29 is 14.3 Å². The summed E-state index contributed by atoms with van der Waals surface area (Å²) >= 11 is 4.76. The molecule has 0 saturated carbocycles. The van der Waals surface area contributed by atoms with E-state index in [0.29, 0.717) is 10.8 Å². The third-order valence-electron chi connectivity index (χ3n) is 3.49. The zero-order valence-electron chi connectivity index (χ0n) is 13.9. The van der Waals surface area contributed by atoms with E-state index in [-0.39, 0.29) is 18.9 Å². The maximum Gasteiger partial charge on any atom is 0.413 e. The maximum atomic E-state index is 12.3. The molecule has 2 aromatic carbocycles. The van der Waals surface area contributed by atoms with Crippen LogP contribution in [0, 0.1) is 0 Å². The fourth-order valence-electron chi connectivity index (χ4n) is 2.39. The van der Waals surface area contributed by atoms with Crippen molar-refractivity contribution in [2.75, 3.05) is 17.2 Å². The van der Waals surface area contributed by atoms with Crippen LogP contribution >= 0.6 is 27.3 Å². The van der Waals surface area contributed by atoms with Crippen LogP contribution in [0.3, 0.4) is 0 Å². The number of hydrogen-bond acceptors (Lipinski definition) is 5. The van der Waals surface area contributed by atoms with Crippen LogP contribution in [-0.2, 0) is 16.0 Å². The molecule has 134 valence electrons. The first kappa shape index (κ1) is 18.3. The summed E-state index contributed by atoms with van der Waals surface area (Å²) in [5.41, 5.74) is 1.31. The molecule has 0 aliphatic carbocycles. The molecule has 0 spiro atoms. The first-order valence-electron chi connectivity index (χ1n) is 7.91. The lowest BCUT2D eigenvalue weighted by molar-refractivity contribution is -0.115. The molecule has 0 fully saturated rings. The Kier molecular flexibility index (Phi) is 5.85. The molecule has 0 aliphatic heterocycles. The van der Waals surface area contributed by atoms with E-state index in [0.717, 1.165) is 20.9 Å². The Morgan fingerprint density at radius 1 is 1.23 bits per heavy atom. The average Bonchev–Trinajstić information content (AvgIpc) is 3.01. The lowest BCUT2D eigenvalue weighted by Crippen LogP contribution is -2.15. The maximum absolute atomic E-state index is 12.3.